The number of benzene rings is 1. The lowest BCUT2D eigenvalue weighted by Gasteiger charge is -2.20. The van der Waals surface area contributed by atoms with Gasteiger partial charge >= 0.3 is 0 Å². The molecule has 1 fully saturated rings. The maximum Gasteiger partial charge on any atom is 0.0595 e. The van der Waals surface area contributed by atoms with Crippen LogP contribution in [0.2, 0.25) is 10.0 Å². The number of nitrogens with one attached hydrogen (secondary N) is 1. The molecule has 2 rings (SSSR count). The number of hydrogen-bond acceptors (Lipinski definition) is 2. The normalized spacial score (nSPS) is 23.1. The van der Waals surface area contributed by atoms with Crippen LogP contribution < -0.4 is 5.32 Å². The molecule has 0 radical (unpaired) electrons. The van der Waals surface area contributed by atoms with Crippen molar-refractivity contribution in [2.24, 2.45) is 0 Å². The SMILES string of the molecule is CN1CCNCC(c2ccc(Cl)c(Cl)c2)C1. The third kappa shape index (κ3) is 2.89. The van der Waals surface area contributed by atoms with Crippen LogP contribution in [0.25, 0.3) is 0 Å². The minimum Gasteiger partial charge on any atom is -0.315 e. The molecule has 0 aliphatic carbocycles. The highest BCUT2D eigenvalue weighted by molar-refractivity contribution is 6.42. The molecule has 1 aromatic rings. The number of rotatable bonds is 1. The van der Waals surface area contributed by atoms with Gasteiger partial charge in [0, 0.05) is 32.1 Å². The van der Waals surface area contributed by atoms with Crippen LogP contribution in [0.1, 0.15) is 11.5 Å². The van der Waals surface area contributed by atoms with Crippen molar-refractivity contribution in [2.45, 2.75) is 5.92 Å². The van der Waals surface area contributed by atoms with Gasteiger partial charge in [-0.15, -0.1) is 0 Å². The Bertz CT molecular complexity index is 368. The van der Waals surface area contributed by atoms with E-state index in [1.165, 1.54) is 5.56 Å². The van der Waals surface area contributed by atoms with Crippen molar-refractivity contribution in [2.75, 3.05) is 33.2 Å². The molecule has 1 aliphatic heterocycles. The van der Waals surface area contributed by atoms with Crippen molar-refractivity contribution in [3.63, 3.8) is 0 Å². The first-order chi connectivity index (χ1) is 7.66. The average Bonchev–Trinajstić information content (AvgIpc) is 2.47. The van der Waals surface area contributed by atoms with Gasteiger partial charge in [0.15, 0.2) is 0 Å². The van der Waals surface area contributed by atoms with E-state index in [2.05, 4.69) is 23.3 Å². The highest BCUT2D eigenvalue weighted by Crippen LogP contribution is 2.27. The van der Waals surface area contributed by atoms with Gasteiger partial charge in [-0.2, -0.15) is 0 Å². The topological polar surface area (TPSA) is 15.3 Å². The summed E-state index contributed by atoms with van der Waals surface area (Å²) >= 11 is 12.0. The van der Waals surface area contributed by atoms with Crippen molar-refractivity contribution in [3.8, 4) is 0 Å². The molecule has 1 heterocycles. The number of likely N-dealkylation sites (N-methyl/N-ethyl adjacent to an activating group) is 1. The lowest BCUT2D eigenvalue weighted by molar-refractivity contribution is 0.342. The Morgan fingerprint density at radius 3 is 2.88 bits per heavy atom. The van der Waals surface area contributed by atoms with Crippen LogP contribution in [0.15, 0.2) is 18.2 Å². The van der Waals surface area contributed by atoms with Crippen molar-refractivity contribution in [1.29, 1.82) is 0 Å². The average molecular weight is 259 g/mol. The van der Waals surface area contributed by atoms with Crippen LogP contribution >= 0.6 is 23.2 Å². The minimum absolute atomic E-state index is 0.488. The van der Waals surface area contributed by atoms with Crippen LogP contribution in [-0.4, -0.2) is 38.1 Å². The Morgan fingerprint density at radius 1 is 1.31 bits per heavy atom. The predicted molar refractivity (Wildman–Crippen MR) is 69.6 cm³/mol. The van der Waals surface area contributed by atoms with Crippen molar-refractivity contribution in [3.05, 3.63) is 33.8 Å². The zero-order chi connectivity index (χ0) is 11.5. The van der Waals surface area contributed by atoms with Gasteiger partial charge in [-0.25, -0.2) is 0 Å². The summed E-state index contributed by atoms with van der Waals surface area (Å²) in [5.41, 5.74) is 1.26. The van der Waals surface area contributed by atoms with Crippen molar-refractivity contribution in [1.82, 2.24) is 10.2 Å². The molecule has 1 atom stereocenters. The monoisotopic (exact) mass is 258 g/mol. The van der Waals surface area contributed by atoms with Gasteiger partial charge in [0.1, 0.15) is 0 Å². The number of halogens is 2. The van der Waals surface area contributed by atoms with Crippen LogP contribution in [0.3, 0.4) is 0 Å². The molecule has 16 heavy (non-hydrogen) atoms. The first-order valence-corrected chi connectivity index (χ1v) is 6.26. The molecule has 0 spiro atoms. The third-order valence-electron chi connectivity index (χ3n) is 3.01. The van der Waals surface area contributed by atoms with Gasteiger partial charge in [0.25, 0.3) is 0 Å². The van der Waals surface area contributed by atoms with E-state index in [4.69, 9.17) is 23.2 Å². The van der Waals surface area contributed by atoms with E-state index >= 15 is 0 Å². The molecule has 0 amide bonds. The molecule has 2 nitrogen and oxygen atoms in total. The Labute approximate surface area is 107 Å². The van der Waals surface area contributed by atoms with Crippen molar-refractivity contribution >= 4 is 23.2 Å². The molecular weight excluding hydrogens is 243 g/mol. The lowest BCUT2D eigenvalue weighted by Crippen LogP contribution is -2.24. The van der Waals surface area contributed by atoms with Crippen LogP contribution in [0, 0.1) is 0 Å². The number of hydrogen-bond donors (Lipinski definition) is 1. The van der Waals surface area contributed by atoms with Gasteiger partial charge in [-0.1, -0.05) is 29.3 Å². The zero-order valence-electron chi connectivity index (χ0n) is 9.34. The second-order valence-electron chi connectivity index (χ2n) is 4.34. The maximum atomic E-state index is 6.04. The van der Waals surface area contributed by atoms with E-state index in [0.717, 1.165) is 26.2 Å². The first-order valence-electron chi connectivity index (χ1n) is 5.51. The number of nitrogens with zero attached hydrogens (tertiary/aromatic N) is 1. The predicted octanol–water partition coefficient (Wildman–Crippen LogP) is 2.61. The summed E-state index contributed by atoms with van der Waals surface area (Å²) in [6, 6.07) is 5.93. The van der Waals surface area contributed by atoms with E-state index in [1.54, 1.807) is 0 Å². The second-order valence-corrected chi connectivity index (χ2v) is 5.15. The minimum atomic E-state index is 0.488. The zero-order valence-corrected chi connectivity index (χ0v) is 10.9. The molecule has 4 heteroatoms. The smallest absolute Gasteiger partial charge is 0.0595 e. The van der Waals surface area contributed by atoms with Crippen LogP contribution in [-0.2, 0) is 0 Å². The van der Waals surface area contributed by atoms with E-state index in [9.17, 15) is 0 Å². The maximum absolute atomic E-state index is 6.04. The quantitative estimate of drug-likeness (QED) is 0.834. The van der Waals surface area contributed by atoms with Crippen LogP contribution in [0.4, 0.5) is 0 Å². The van der Waals surface area contributed by atoms with E-state index in [0.29, 0.717) is 16.0 Å². The Balaban J connectivity index is 2.18. The molecular formula is C12H16Cl2N2. The second kappa shape index (κ2) is 5.37. The molecule has 0 saturated carbocycles. The van der Waals surface area contributed by atoms with E-state index in [-0.39, 0.29) is 0 Å². The molecule has 1 unspecified atom stereocenters. The summed E-state index contributed by atoms with van der Waals surface area (Å²) in [5.74, 6) is 0.488. The van der Waals surface area contributed by atoms with E-state index < -0.39 is 0 Å². The summed E-state index contributed by atoms with van der Waals surface area (Å²) in [6.07, 6.45) is 0. The fraction of sp³-hybridized carbons (Fsp3) is 0.500. The highest BCUT2D eigenvalue weighted by atomic mass is 35.5. The summed E-state index contributed by atoms with van der Waals surface area (Å²) in [6.45, 7) is 4.21. The molecule has 0 bridgehead atoms. The third-order valence-corrected chi connectivity index (χ3v) is 3.75. The lowest BCUT2D eigenvalue weighted by atomic mass is 9.99. The molecule has 0 aromatic heterocycles. The van der Waals surface area contributed by atoms with Crippen LogP contribution in [0.5, 0.6) is 0 Å². The summed E-state index contributed by atoms with van der Waals surface area (Å²) in [7, 11) is 2.15. The van der Waals surface area contributed by atoms with Gasteiger partial charge in [0.2, 0.25) is 0 Å². The Hall–Kier alpha value is -0.280. The molecule has 1 aliphatic rings. The Kier molecular flexibility index (Phi) is 4.09. The van der Waals surface area contributed by atoms with Gasteiger partial charge in [-0.05, 0) is 24.7 Å². The largest absolute Gasteiger partial charge is 0.315 e. The fourth-order valence-electron chi connectivity index (χ4n) is 2.07. The van der Waals surface area contributed by atoms with Gasteiger partial charge in [0.05, 0.1) is 10.0 Å². The van der Waals surface area contributed by atoms with Gasteiger partial charge < -0.3 is 10.2 Å². The first kappa shape index (κ1) is 12.2. The van der Waals surface area contributed by atoms with E-state index in [1.807, 2.05) is 12.1 Å². The molecule has 1 aromatic carbocycles. The molecule has 1 N–H and O–H groups in total. The Morgan fingerprint density at radius 2 is 2.12 bits per heavy atom. The summed E-state index contributed by atoms with van der Waals surface area (Å²) < 4.78 is 0. The highest BCUT2D eigenvalue weighted by Gasteiger charge is 2.17. The molecule has 1 saturated heterocycles. The summed E-state index contributed by atoms with van der Waals surface area (Å²) in [5, 5.41) is 4.71. The standard InChI is InChI=1S/C12H16Cl2N2/c1-16-5-4-15-7-10(8-16)9-2-3-11(13)12(14)6-9/h2-3,6,10,15H,4-5,7-8H2,1H3. The molecule has 88 valence electrons. The van der Waals surface area contributed by atoms with Crippen molar-refractivity contribution < 1.29 is 0 Å². The summed E-state index contributed by atoms with van der Waals surface area (Å²) in [4.78, 5) is 2.34. The fourth-order valence-corrected chi connectivity index (χ4v) is 2.37. The van der Waals surface area contributed by atoms with Gasteiger partial charge in [-0.3, -0.25) is 0 Å².